The second kappa shape index (κ2) is 8.44. The molecule has 2 heterocycles. The summed E-state index contributed by atoms with van der Waals surface area (Å²) < 4.78 is 7.05. The maximum atomic E-state index is 12.5. The van der Waals surface area contributed by atoms with Gasteiger partial charge in [-0.25, -0.2) is 0 Å². The molecule has 3 aromatic rings. The Labute approximate surface area is 166 Å². The lowest BCUT2D eigenvalue weighted by Gasteiger charge is -2.18. The van der Waals surface area contributed by atoms with Crippen LogP contribution in [0, 0.1) is 10.5 Å². The molecule has 3 rings (SSSR count). The molecule has 134 valence electrons. The fraction of sp³-hybridized carbons (Fsp3) is 0.250. The molecule has 0 bridgehead atoms. The summed E-state index contributed by atoms with van der Waals surface area (Å²) in [4.78, 5) is 21.0. The van der Waals surface area contributed by atoms with Gasteiger partial charge in [-0.3, -0.25) is 14.8 Å². The maximum absolute atomic E-state index is 12.5. The molecule has 0 fully saturated rings. The molecule has 0 saturated carbocycles. The van der Waals surface area contributed by atoms with Crippen molar-refractivity contribution in [2.24, 2.45) is 0 Å². The zero-order valence-corrected chi connectivity index (χ0v) is 16.9. The number of hydrogen-bond donors (Lipinski definition) is 1. The van der Waals surface area contributed by atoms with Gasteiger partial charge < -0.3 is 10.1 Å². The Morgan fingerprint density at radius 2 is 2.15 bits per heavy atom. The van der Waals surface area contributed by atoms with Crippen molar-refractivity contribution < 1.29 is 9.53 Å². The van der Waals surface area contributed by atoms with Gasteiger partial charge in [0.25, 0.3) is 5.91 Å². The summed E-state index contributed by atoms with van der Waals surface area (Å²) in [6.07, 6.45) is 5.34. The SMILES string of the molecule is CCC(Oc1cc(C)c2ncc(I)cc2c1)C(=O)NCc1cccnc1. The van der Waals surface area contributed by atoms with Crippen LogP contribution >= 0.6 is 22.6 Å². The lowest BCUT2D eigenvalue weighted by molar-refractivity contribution is -0.128. The van der Waals surface area contributed by atoms with E-state index in [1.54, 1.807) is 12.4 Å². The van der Waals surface area contributed by atoms with Crippen LogP contribution in [-0.4, -0.2) is 22.0 Å². The maximum Gasteiger partial charge on any atom is 0.261 e. The smallest absolute Gasteiger partial charge is 0.261 e. The van der Waals surface area contributed by atoms with Crippen LogP contribution in [0.4, 0.5) is 0 Å². The number of aromatic nitrogens is 2. The first kappa shape index (κ1) is 18.6. The number of benzene rings is 1. The average Bonchev–Trinajstić information content (AvgIpc) is 2.64. The molecule has 26 heavy (non-hydrogen) atoms. The van der Waals surface area contributed by atoms with E-state index < -0.39 is 6.10 Å². The zero-order valence-electron chi connectivity index (χ0n) is 14.7. The third kappa shape index (κ3) is 4.49. The van der Waals surface area contributed by atoms with E-state index in [4.69, 9.17) is 4.74 Å². The minimum atomic E-state index is -0.542. The lowest BCUT2D eigenvalue weighted by atomic mass is 10.1. The third-order valence-corrected chi connectivity index (χ3v) is 4.63. The van der Waals surface area contributed by atoms with Crippen LogP contribution in [-0.2, 0) is 11.3 Å². The summed E-state index contributed by atoms with van der Waals surface area (Å²) in [5.74, 6) is 0.553. The minimum absolute atomic E-state index is 0.130. The first-order valence-corrected chi connectivity index (χ1v) is 9.54. The average molecular weight is 461 g/mol. The molecule has 5 nitrogen and oxygen atoms in total. The molecule has 0 aliphatic carbocycles. The third-order valence-electron chi connectivity index (χ3n) is 4.04. The highest BCUT2D eigenvalue weighted by atomic mass is 127. The monoisotopic (exact) mass is 461 g/mol. The summed E-state index contributed by atoms with van der Waals surface area (Å²) in [6, 6.07) is 9.71. The highest BCUT2D eigenvalue weighted by molar-refractivity contribution is 14.1. The van der Waals surface area contributed by atoms with Crippen molar-refractivity contribution in [1.82, 2.24) is 15.3 Å². The molecule has 0 saturated heterocycles. The molecule has 1 N–H and O–H groups in total. The fourth-order valence-corrected chi connectivity index (χ4v) is 3.21. The van der Waals surface area contributed by atoms with Crippen LogP contribution in [0.15, 0.2) is 48.9 Å². The van der Waals surface area contributed by atoms with Gasteiger partial charge in [-0.15, -0.1) is 0 Å². The van der Waals surface area contributed by atoms with E-state index in [2.05, 4.69) is 43.9 Å². The van der Waals surface area contributed by atoms with Crippen LogP contribution in [0.2, 0.25) is 0 Å². The first-order valence-electron chi connectivity index (χ1n) is 8.46. The van der Waals surface area contributed by atoms with Crippen LogP contribution in [0.1, 0.15) is 24.5 Å². The Kier molecular flexibility index (Phi) is 6.03. The molecule has 1 amide bonds. The topological polar surface area (TPSA) is 64.1 Å². The predicted octanol–water partition coefficient (Wildman–Crippen LogP) is 4.02. The zero-order chi connectivity index (χ0) is 18.5. The van der Waals surface area contributed by atoms with E-state index in [0.29, 0.717) is 18.7 Å². The summed E-state index contributed by atoms with van der Waals surface area (Å²) in [6.45, 7) is 4.37. The number of nitrogens with zero attached hydrogens (tertiary/aromatic N) is 2. The minimum Gasteiger partial charge on any atom is -0.481 e. The second-order valence-corrected chi connectivity index (χ2v) is 7.30. The molecule has 1 unspecified atom stereocenters. The van der Waals surface area contributed by atoms with Crippen molar-refractivity contribution in [2.45, 2.75) is 32.9 Å². The van der Waals surface area contributed by atoms with E-state index in [1.165, 1.54) is 0 Å². The van der Waals surface area contributed by atoms with E-state index >= 15 is 0 Å². The molecule has 0 spiro atoms. The van der Waals surface area contributed by atoms with Crippen molar-refractivity contribution in [3.05, 3.63) is 63.6 Å². The van der Waals surface area contributed by atoms with E-state index in [0.717, 1.165) is 25.6 Å². The Balaban J connectivity index is 1.73. The summed E-state index contributed by atoms with van der Waals surface area (Å²) >= 11 is 2.24. The van der Waals surface area contributed by atoms with Crippen molar-refractivity contribution in [3.8, 4) is 5.75 Å². The van der Waals surface area contributed by atoms with Crippen molar-refractivity contribution >= 4 is 39.4 Å². The van der Waals surface area contributed by atoms with Gasteiger partial charge in [0.05, 0.1) is 5.52 Å². The fourth-order valence-electron chi connectivity index (χ4n) is 2.73. The van der Waals surface area contributed by atoms with Crippen LogP contribution < -0.4 is 10.1 Å². The molecule has 6 heteroatoms. The summed E-state index contributed by atoms with van der Waals surface area (Å²) in [5, 5.41) is 3.93. The van der Waals surface area contributed by atoms with Gasteiger partial charge in [-0.1, -0.05) is 13.0 Å². The Morgan fingerprint density at radius 1 is 1.31 bits per heavy atom. The van der Waals surface area contributed by atoms with Crippen molar-refractivity contribution in [1.29, 1.82) is 0 Å². The van der Waals surface area contributed by atoms with Gasteiger partial charge in [0.2, 0.25) is 0 Å². The molecule has 0 aliphatic heterocycles. The summed E-state index contributed by atoms with van der Waals surface area (Å²) in [5.41, 5.74) is 2.93. The number of rotatable bonds is 6. The lowest BCUT2D eigenvalue weighted by Crippen LogP contribution is -2.37. The van der Waals surface area contributed by atoms with Crippen molar-refractivity contribution in [2.75, 3.05) is 0 Å². The Morgan fingerprint density at radius 3 is 2.88 bits per heavy atom. The number of amides is 1. The van der Waals surface area contributed by atoms with Gasteiger partial charge in [0.15, 0.2) is 6.10 Å². The molecular formula is C20H20IN3O2. The second-order valence-electron chi connectivity index (χ2n) is 6.06. The van der Waals surface area contributed by atoms with Crippen LogP contribution in [0.25, 0.3) is 10.9 Å². The Hall–Kier alpha value is -2.22. The highest BCUT2D eigenvalue weighted by Crippen LogP contribution is 2.25. The number of carbonyl (C=O) groups excluding carboxylic acids is 1. The number of aryl methyl sites for hydroxylation is 1. The number of fused-ring (bicyclic) bond motifs is 1. The van der Waals surface area contributed by atoms with Gasteiger partial charge in [0, 0.05) is 34.1 Å². The van der Waals surface area contributed by atoms with Gasteiger partial charge in [-0.05, 0) is 71.3 Å². The Bertz CT molecular complexity index is 916. The number of hydrogen-bond acceptors (Lipinski definition) is 4. The molecule has 0 radical (unpaired) electrons. The number of carbonyl (C=O) groups is 1. The predicted molar refractivity (Wildman–Crippen MR) is 110 cm³/mol. The van der Waals surface area contributed by atoms with Gasteiger partial charge in [-0.2, -0.15) is 0 Å². The molecular weight excluding hydrogens is 441 g/mol. The van der Waals surface area contributed by atoms with E-state index in [1.807, 2.05) is 44.3 Å². The van der Waals surface area contributed by atoms with E-state index in [9.17, 15) is 4.79 Å². The van der Waals surface area contributed by atoms with Crippen LogP contribution in [0.5, 0.6) is 5.75 Å². The molecule has 0 aliphatic rings. The highest BCUT2D eigenvalue weighted by Gasteiger charge is 2.18. The number of pyridine rings is 2. The van der Waals surface area contributed by atoms with Gasteiger partial charge in [0.1, 0.15) is 5.75 Å². The molecule has 2 aromatic heterocycles. The largest absolute Gasteiger partial charge is 0.481 e. The number of nitrogens with one attached hydrogen (secondary N) is 1. The quantitative estimate of drug-likeness (QED) is 0.564. The molecule has 1 aromatic carbocycles. The van der Waals surface area contributed by atoms with Crippen LogP contribution in [0.3, 0.4) is 0 Å². The normalized spacial score (nSPS) is 12.0. The standard InChI is InChI=1S/C20H20IN3O2/c1-3-18(20(25)24-11-14-5-4-6-22-10-14)26-17-7-13(2)19-15(9-17)8-16(21)12-23-19/h4-10,12,18H,3,11H2,1-2H3,(H,24,25). The molecule has 1 atom stereocenters. The van der Waals surface area contributed by atoms with Gasteiger partial charge >= 0.3 is 0 Å². The first-order chi connectivity index (χ1) is 12.6. The number of halogens is 1. The van der Waals surface area contributed by atoms with Crippen molar-refractivity contribution in [3.63, 3.8) is 0 Å². The van der Waals surface area contributed by atoms with E-state index in [-0.39, 0.29) is 5.91 Å². The summed E-state index contributed by atoms with van der Waals surface area (Å²) in [7, 11) is 0. The number of ether oxygens (including phenoxy) is 1.